The number of hydrogen-bond donors (Lipinski definition) is 3. The van der Waals surface area contributed by atoms with E-state index in [0.29, 0.717) is 13.0 Å². The second-order valence-corrected chi connectivity index (χ2v) is 7.33. The summed E-state index contributed by atoms with van der Waals surface area (Å²) in [5, 5.41) is 11.4. The molecule has 0 saturated heterocycles. The normalized spacial score (nSPS) is 12.6. The Kier molecular flexibility index (Phi) is 6.69. The summed E-state index contributed by atoms with van der Waals surface area (Å²) in [4.78, 5) is 12.1. The second-order valence-electron chi connectivity index (χ2n) is 5.61. The van der Waals surface area contributed by atoms with Crippen LogP contribution in [0.25, 0.3) is 0 Å². The second kappa shape index (κ2) is 8.75. The molecule has 0 bridgehead atoms. The molecular formula is C18H22N2O4S. The maximum atomic E-state index is 12.6. The van der Waals surface area contributed by atoms with Gasteiger partial charge in [-0.2, -0.15) is 0 Å². The molecule has 1 amide bonds. The van der Waals surface area contributed by atoms with Crippen LogP contribution in [-0.4, -0.2) is 32.6 Å². The zero-order valence-corrected chi connectivity index (χ0v) is 14.8. The Hall–Kier alpha value is -2.22. The van der Waals surface area contributed by atoms with Gasteiger partial charge in [0.2, 0.25) is 10.0 Å². The van der Waals surface area contributed by atoms with Crippen LogP contribution in [-0.2, 0) is 10.0 Å². The Morgan fingerprint density at radius 3 is 2.52 bits per heavy atom. The number of sulfonamides is 1. The molecule has 2 aromatic carbocycles. The third kappa shape index (κ3) is 5.38. The predicted octanol–water partition coefficient (Wildman–Crippen LogP) is 1.84. The highest BCUT2D eigenvalue weighted by atomic mass is 32.2. The summed E-state index contributed by atoms with van der Waals surface area (Å²) in [7, 11) is -3.76. The first kappa shape index (κ1) is 19.1. The first-order valence-corrected chi connectivity index (χ1v) is 9.49. The molecule has 0 fully saturated rings. The minimum Gasteiger partial charge on any atom is -0.396 e. The van der Waals surface area contributed by atoms with E-state index in [0.717, 1.165) is 5.56 Å². The van der Waals surface area contributed by atoms with E-state index in [-0.39, 0.29) is 23.0 Å². The Bertz CT molecular complexity index is 807. The van der Waals surface area contributed by atoms with Crippen LogP contribution in [0.4, 0.5) is 0 Å². The smallest absolute Gasteiger partial charge is 0.251 e. The Balaban J connectivity index is 2.14. The number of nitrogens with one attached hydrogen (secondary N) is 2. The molecule has 2 rings (SSSR count). The van der Waals surface area contributed by atoms with Crippen LogP contribution < -0.4 is 10.0 Å². The third-order valence-electron chi connectivity index (χ3n) is 3.66. The van der Waals surface area contributed by atoms with Gasteiger partial charge in [0.15, 0.2) is 0 Å². The lowest BCUT2D eigenvalue weighted by Gasteiger charge is -2.15. The number of carbonyl (C=O) groups excluding carboxylic acids is 1. The van der Waals surface area contributed by atoms with Crippen LogP contribution in [0.3, 0.4) is 0 Å². The molecule has 0 heterocycles. The van der Waals surface area contributed by atoms with Crippen molar-refractivity contribution in [3.8, 4) is 0 Å². The lowest BCUT2D eigenvalue weighted by atomic mass is 10.1. The molecule has 0 spiro atoms. The fraction of sp³-hybridized carbons (Fsp3) is 0.278. The van der Waals surface area contributed by atoms with E-state index in [9.17, 15) is 13.2 Å². The van der Waals surface area contributed by atoms with E-state index in [1.807, 2.05) is 30.3 Å². The average Bonchev–Trinajstić information content (AvgIpc) is 2.62. The largest absolute Gasteiger partial charge is 0.396 e. The predicted molar refractivity (Wildman–Crippen MR) is 95.7 cm³/mol. The number of carbonyl (C=O) groups is 1. The molecule has 0 radical (unpaired) electrons. The fourth-order valence-electron chi connectivity index (χ4n) is 2.30. The maximum Gasteiger partial charge on any atom is 0.251 e. The molecule has 0 aromatic heterocycles. The van der Waals surface area contributed by atoms with Gasteiger partial charge in [0.05, 0.1) is 4.90 Å². The molecule has 1 unspecified atom stereocenters. The van der Waals surface area contributed by atoms with Crippen LogP contribution in [0.15, 0.2) is 59.5 Å². The number of amides is 1. The lowest BCUT2D eigenvalue weighted by Crippen LogP contribution is -2.28. The summed E-state index contributed by atoms with van der Waals surface area (Å²) in [6.07, 6.45) is 0.444. The van der Waals surface area contributed by atoms with Gasteiger partial charge in [0.25, 0.3) is 5.91 Å². The Labute approximate surface area is 147 Å². The number of rotatable bonds is 8. The molecule has 0 aliphatic rings. The van der Waals surface area contributed by atoms with Gasteiger partial charge < -0.3 is 10.4 Å². The minimum atomic E-state index is -3.76. The van der Waals surface area contributed by atoms with E-state index in [4.69, 9.17) is 5.11 Å². The van der Waals surface area contributed by atoms with Crippen LogP contribution >= 0.6 is 0 Å². The van der Waals surface area contributed by atoms with Crippen molar-refractivity contribution in [2.24, 2.45) is 0 Å². The molecule has 0 saturated carbocycles. The summed E-state index contributed by atoms with van der Waals surface area (Å²) >= 11 is 0. The summed E-state index contributed by atoms with van der Waals surface area (Å²) in [5.74, 6) is -0.374. The molecule has 1 atom stereocenters. The van der Waals surface area contributed by atoms with Crippen molar-refractivity contribution in [1.29, 1.82) is 0 Å². The maximum absolute atomic E-state index is 12.6. The van der Waals surface area contributed by atoms with Gasteiger partial charge in [-0.1, -0.05) is 36.4 Å². The molecule has 25 heavy (non-hydrogen) atoms. The average molecular weight is 362 g/mol. The summed E-state index contributed by atoms with van der Waals surface area (Å²) < 4.78 is 27.8. The molecule has 0 aliphatic heterocycles. The standard InChI is InChI=1S/C18H22N2O4S/c1-14(15-7-3-2-4-8-15)20-25(23,24)17-10-5-9-16(13-17)18(22)19-11-6-12-21/h2-5,7-10,13-14,20-21H,6,11-12H2,1H3,(H,19,22). The first-order valence-electron chi connectivity index (χ1n) is 8.00. The van der Waals surface area contributed by atoms with Gasteiger partial charge in [0.1, 0.15) is 0 Å². The zero-order valence-electron chi connectivity index (χ0n) is 14.0. The van der Waals surface area contributed by atoms with Gasteiger partial charge in [-0.25, -0.2) is 13.1 Å². The highest BCUT2D eigenvalue weighted by Gasteiger charge is 2.19. The van der Waals surface area contributed by atoms with Crippen molar-refractivity contribution < 1.29 is 18.3 Å². The van der Waals surface area contributed by atoms with E-state index < -0.39 is 16.1 Å². The monoisotopic (exact) mass is 362 g/mol. The molecule has 0 aliphatic carbocycles. The lowest BCUT2D eigenvalue weighted by molar-refractivity contribution is 0.0951. The number of aliphatic hydroxyl groups is 1. The molecule has 6 nitrogen and oxygen atoms in total. The van der Waals surface area contributed by atoms with E-state index in [1.54, 1.807) is 13.0 Å². The minimum absolute atomic E-state index is 0.0179. The zero-order chi connectivity index (χ0) is 18.3. The highest BCUT2D eigenvalue weighted by molar-refractivity contribution is 7.89. The van der Waals surface area contributed by atoms with Gasteiger partial charge in [0, 0.05) is 24.8 Å². The van der Waals surface area contributed by atoms with Gasteiger partial charge in [-0.3, -0.25) is 4.79 Å². The van der Waals surface area contributed by atoms with E-state index in [2.05, 4.69) is 10.0 Å². The molecule has 2 aromatic rings. The molecule has 134 valence electrons. The first-order chi connectivity index (χ1) is 11.9. The molecule has 7 heteroatoms. The van der Waals surface area contributed by atoms with Crippen molar-refractivity contribution in [2.45, 2.75) is 24.3 Å². The third-order valence-corrected chi connectivity index (χ3v) is 5.20. The Morgan fingerprint density at radius 2 is 1.84 bits per heavy atom. The van der Waals surface area contributed by atoms with Crippen LogP contribution in [0, 0.1) is 0 Å². The fourth-order valence-corrected chi connectivity index (χ4v) is 3.58. The van der Waals surface area contributed by atoms with Crippen molar-refractivity contribution in [2.75, 3.05) is 13.2 Å². The van der Waals surface area contributed by atoms with E-state index >= 15 is 0 Å². The molecule has 3 N–H and O–H groups in total. The van der Waals surface area contributed by atoms with E-state index in [1.165, 1.54) is 18.2 Å². The van der Waals surface area contributed by atoms with Crippen molar-refractivity contribution in [1.82, 2.24) is 10.0 Å². The van der Waals surface area contributed by atoms with Crippen molar-refractivity contribution in [3.05, 3.63) is 65.7 Å². The summed E-state index contributed by atoms with van der Waals surface area (Å²) in [6.45, 7) is 2.07. The SMILES string of the molecule is CC(NS(=O)(=O)c1cccc(C(=O)NCCCO)c1)c1ccccc1. The topological polar surface area (TPSA) is 95.5 Å². The van der Waals surface area contributed by atoms with Gasteiger partial charge in [-0.15, -0.1) is 0 Å². The summed E-state index contributed by atoms with van der Waals surface area (Å²) in [5.41, 5.74) is 1.11. The van der Waals surface area contributed by atoms with Crippen LogP contribution in [0.2, 0.25) is 0 Å². The quantitative estimate of drug-likeness (QED) is 0.625. The highest BCUT2D eigenvalue weighted by Crippen LogP contribution is 2.17. The van der Waals surface area contributed by atoms with Crippen LogP contribution in [0.1, 0.15) is 35.3 Å². The van der Waals surface area contributed by atoms with Crippen LogP contribution in [0.5, 0.6) is 0 Å². The number of aliphatic hydroxyl groups excluding tert-OH is 1. The van der Waals surface area contributed by atoms with Gasteiger partial charge in [-0.05, 0) is 37.1 Å². The number of benzene rings is 2. The van der Waals surface area contributed by atoms with Gasteiger partial charge >= 0.3 is 0 Å². The molecular weight excluding hydrogens is 340 g/mol. The van der Waals surface area contributed by atoms with Crippen molar-refractivity contribution >= 4 is 15.9 Å². The number of hydrogen-bond acceptors (Lipinski definition) is 4. The summed E-state index contributed by atoms with van der Waals surface area (Å²) in [6, 6.07) is 14.7. The van der Waals surface area contributed by atoms with Crippen molar-refractivity contribution in [3.63, 3.8) is 0 Å². The Morgan fingerprint density at radius 1 is 1.12 bits per heavy atom.